The molecule has 0 radical (unpaired) electrons. The van der Waals surface area contributed by atoms with Gasteiger partial charge in [0.2, 0.25) is 11.9 Å². The van der Waals surface area contributed by atoms with Gasteiger partial charge in [0.15, 0.2) is 0 Å². The number of anilines is 3. The maximum atomic E-state index is 15.5. The number of hydrogen-bond acceptors (Lipinski definition) is 7. The van der Waals surface area contributed by atoms with Crippen molar-refractivity contribution in [3.8, 4) is 11.1 Å². The summed E-state index contributed by atoms with van der Waals surface area (Å²) in [4.78, 5) is 21.8. The van der Waals surface area contributed by atoms with Crippen LogP contribution in [0.15, 0.2) is 60.8 Å². The first-order chi connectivity index (χ1) is 21.5. The van der Waals surface area contributed by atoms with E-state index in [9.17, 15) is 13.6 Å². The van der Waals surface area contributed by atoms with Crippen molar-refractivity contribution < 1.29 is 17.9 Å². The summed E-state index contributed by atoms with van der Waals surface area (Å²) in [6, 6.07) is 14.5. The molecule has 45 heavy (non-hydrogen) atoms. The van der Waals surface area contributed by atoms with Crippen LogP contribution in [0.25, 0.3) is 22.0 Å². The van der Waals surface area contributed by atoms with E-state index >= 15 is 4.39 Å². The molecule has 0 saturated heterocycles. The molecule has 1 aliphatic carbocycles. The van der Waals surface area contributed by atoms with E-state index in [0.717, 1.165) is 52.0 Å². The van der Waals surface area contributed by atoms with Gasteiger partial charge in [-0.05, 0) is 91.1 Å². The van der Waals surface area contributed by atoms with E-state index < -0.39 is 23.1 Å². The Morgan fingerprint density at radius 3 is 2.44 bits per heavy atom. The van der Waals surface area contributed by atoms with Gasteiger partial charge in [-0.3, -0.25) is 13.3 Å². The van der Waals surface area contributed by atoms with Gasteiger partial charge in [-0.2, -0.15) is 0 Å². The molecule has 1 aromatic heterocycles. The first kappa shape index (κ1) is 32.7. The van der Waals surface area contributed by atoms with Crippen molar-refractivity contribution in [2.45, 2.75) is 71.0 Å². The summed E-state index contributed by atoms with van der Waals surface area (Å²) in [7, 11) is 0. The molecule has 4 N–H and O–H groups in total. The highest BCUT2D eigenvalue weighted by atomic mass is 35.5. The second kappa shape index (κ2) is 14.2. The molecule has 1 fully saturated rings. The minimum absolute atomic E-state index is 0.0903. The van der Waals surface area contributed by atoms with E-state index in [2.05, 4.69) is 15.6 Å². The molecule has 0 spiro atoms. The van der Waals surface area contributed by atoms with Crippen molar-refractivity contribution in [1.82, 2.24) is 15.3 Å². The van der Waals surface area contributed by atoms with Crippen LogP contribution in [-0.2, 0) is 22.5 Å². The molecule has 1 saturated carbocycles. The zero-order valence-electron chi connectivity index (χ0n) is 25.4. The van der Waals surface area contributed by atoms with Crippen LogP contribution in [0, 0.1) is 11.7 Å². The number of aryl methyl sites for hydroxylation is 1. The van der Waals surface area contributed by atoms with E-state index in [1.807, 2.05) is 32.9 Å². The van der Waals surface area contributed by atoms with Gasteiger partial charge in [0.05, 0.1) is 39.2 Å². The van der Waals surface area contributed by atoms with Gasteiger partial charge in [0.1, 0.15) is 5.82 Å². The average molecular weight is 652 g/mol. The van der Waals surface area contributed by atoms with E-state index in [0.29, 0.717) is 17.9 Å². The Kier molecular flexibility index (Phi) is 10.3. The van der Waals surface area contributed by atoms with E-state index in [-0.39, 0.29) is 40.3 Å². The van der Waals surface area contributed by atoms with Gasteiger partial charge in [0, 0.05) is 23.7 Å². The molecule has 1 unspecified atom stereocenters. The van der Waals surface area contributed by atoms with Gasteiger partial charge in [-0.1, -0.05) is 50.6 Å². The maximum Gasteiger partial charge on any atom is 0.237 e. The molecule has 238 valence electrons. The summed E-state index contributed by atoms with van der Waals surface area (Å²) >= 11 is 3.42. The van der Waals surface area contributed by atoms with Crippen LogP contribution in [0.4, 0.5) is 21.7 Å². The van der Waals surface area contributed by atoms with Gasteiger partial charge >= 0.3 is 0 Å². The molecule has 9 nitrogen and oxygen atoms in total. The normalized spacial score (nSPS) is 18.0. The van der Waals surface area contributed by atoms with Crippen molar-refractivity contribution in [2.24, 2.45) is 11.7 Å². The zero-order chi connectivity index (χ0) is 32.2. The third-order valence-electron chi connectivity index (χ3n) is 8.29. The number of benzene rings is 3. The smallest absolute Gasteiger partial charge is 0.237 e. The summed E-state index contributed by atoms with van der Waals surface area (Å²) in [5.74, 6) is -0.169. The Labute approximate surface area is 270 Å². The Hall–Kier alpha value is -3.64. The quantitative estimate of drug-likeness (QED) is 0.169. The van der Waals surface area contributed by atoms with Crippen LogP contribution < -0.4 is 20.7 Å². The second-order valence-corrected chi connectivity index (χ2v) is 12.9. The zero-order valence-corrected chi connectivity index (χ0v) is 27.0. The molecule has 3 aromatic carbocycles. The number of nitrogens with zero attached hydrogens (tertiary/aromatic N) is 3. The lowest BCUT2D eigenvalue weighted by Crippen LogP contribution is -2.49. The number of fused-ring (bicyclic) bond motifs is 1. The molecule has 5 rings (SSSR count). The highest BCUT2D eigenvalue weighted by Gasteiger charge is 2.26. The second-order valence-electron chi connectivity index (χ2n) is 11.7. The lowest BCUT2D eigenvalue weighted by atomic mass is 9.90. The van der Waals surface area contributed by atoms with Crippen molar-refractivity contribution >= 4 is 57.0 Å². The largest absolute Gasteiger partial charge is 0.755 e. The number of amides is 1. The molecule has 0 aliphatic heterocycles. The first-order valence-corrected chi connectivity index (χ1v) is 16.5. The summed E-state index contributed by atoms with van der Waals surface area (Å²) in [6.07, 6.45) is 5.90. The third-order valence-corrected chi connectivity index (χ3v) is 9.30. The molecule has 0 bridgehead atoms. The van der Waals surface area contributed by atoms with Crippen molar-refractivity contribution in [1.29, 1.82) is 0 Å². The highest BCUT2D eigenvalue weighted by molar-refractivity contribution is 7.81. The third kappa shape index (κ3) is 7.44. The van der Waals surface area contributed by atoms with Crippen molar-refractivity contribution in [3.05, 3.63) is 77.2 Å². The van der Waals surface area contributed by atoms with Crippen molar-refractivity contribution in [2.75, 3.05) is 9.62 Å². The molecular formula is C33H37ClFN6O3S-. The van der Waals surface area contributed by atoms with Crippen LogP contribution >= 0.6 is 11.6 Å². The van der Waals surface area contributed by atoms with Crippen LogP contribution in [0.1, 0.15) is 52.0 Å². The van der Waals surface area contributed by atoms with Gasteiger partial charge in [-0.15, -0.1) is 0 Å². The molecule has 2 atom stereocenters. The summed E-state index contributed by atoms with van der Waals surface area (Å²) in [5, 5.41) is 7.55. The van der Waals surface area contributed by atoms with Crippen molar-refractivity contribution in [3.63, 3.8) is 0 Å². The molecule has 1 amide bonds. The minimum atomic E-state index is -2.80. The molecule has 4 aromatic rings. The summed E-state index contributed by atoms with van der Waals surface area (Å²) in [5.41, 5.74) is 9.15. The van der Waals surface area contributed by atoms with Crippen LogP contribution in [0.2, 0.25) is 5.02 Å². The Bertz CT molecular complexity index is 1720. The monoisotopic (exact) mass is 651 g/mol. The van der Waals surface area contributed by atoms with Crippen LogP contribution in [0.3, 0.4) is 0 Å². The molecule has 1 heterocycles. The lowest BCUT2D eigenvalue weighted by molar-refractivity contribution is -0.124. The Morgan fingerprint density at radius 1 is 1.09 bits per heavy atom. The Balaban J connectivity index is 1.32. The maximum absolute atomic E-state index is 15.5. The van der Waals surface area contributed by atoms with Crippen LogP contribution in [-0.4, -0.2) is 42.8 Å². The highest BCUT2D eigenvalue weighted by Crippen LogP contribution is 2.37. The summed E-state index contributed by atoms with van der Waals surface area (Å²) < 4.78 is 40.5. The fraction of sp³-hybridized carbons (Fsp3) is 0.364. The predicted octanol–water partition coefficient (Wildman–Crippen LogP) is 6.41. The number of para-hydroxylation sites is 1. The number of hydrogen-bond donors (Lipinski definition) is 3. The number of halogens is 2. The SMILES string of the molecule is CCc1cc(-c2ccc(N(c3ccccc3Cl)S(=O)[O-])c(F)c2)cc2cnc(NC3CCC(NC(=O)[C@@H](N)C(C)C)CC3)nc12. The number of nitrogens with one attached hydrogen (secondary N) is 2. The predicted molar refractivity (Wildman–Crippen MR) is 177 cm³/mol. The van der Waals surface area contributed by atoms with Gasteiger partial charge < -0.3 is 20.9 Å². The first-order valence-electron chi connectivity index (χ1n) is 15.1. The fourth-order valence-electron chi connectivity index (χ4n) is 5.65. The number of rotatable bonds is 10. The van der Waals surface area contributed by atoms with Crippen LogP contribution in [0.5, 0.6) is 0 Å². The van der Waals surface area contributed by atoms with Gasteiger partial charge in [-0.25, -0.2) is 14.4 Å². The molecule has 1 aliphatic rings. The summed E-state index contributed by atoms with van der Waals surface area (Å²) in [6.45, 7) is 5.91. The van der Waals surface area contributed by atoms with Gasteiger partial charge in [0.25, 0.3) is 0 Å². The lowest BCUT2D eigenvalue weighted by Gasteiger charge is -2.30. The fourth-order valence-corrected chi connectivity index (χ4v) is 6.55. The Morgan fingerprint density at radius 2 is 1.80 bits per heavy atom. The minimum Gasteiger partial charge on any atom is -0.755 e. The number of nitrogens with two attached hydrogens (primary N) is 1. The number of carbonyl (C=O) groups is 1. The molecule has 12 heteroatoms. The van der Waals surface area contributed by atoms with E-state index in [1.54, 1.807) is 30.5 Å². The van der Waals surface area contributed by atoms with E-state index in [1.165, 1.54) is 18.2 Å². The van der Waals surface area contributed by atoms with E-state index in [4.69, 9.17) is 22.3 Å². The topological polar surface area (TPSA) is 136 Å². The standard InChI is InChI=1S/C33H38ClFN6O3S/c1-4-20-15-22(21-9-14-29(27(35)17-21)41(45(43)44)28-8-6-5-7-26(28)34)16-23-18-37-33(40-31(20)23)39-25-12-10-24(11-13-25)38-32(42)30(36)19(2)3/h5-9,14-19,24-25,30H,4,10-13,36H2,1-3H3,(H,38,42)(H,43,44)(H,37,39,40)/p-1/t24?,25?,30-/m0/s1. The average Bonchev–Trinajstić information content (AvgIpc) is 3.02. The number of aromatic nitrogens is 2. The number of carbonyl (C=O) groups excluding carboxylic acids is 1. The molecular weight excluding hydrogens is 615 g/mol.